The highest BCUT2D eigenvalue weighted by molar-refractivity contribution is 5.61. The monoisotopic (exact) mass is 205 g/mol. The van der Waals surface area contributed by atoms with Crippen molar-refractivity contribution < 1.29 is 9.45 Å². The van der Waals surface area contributed by atoms with Gasteiger partial charge in [-0.25, -0.2) is 0 Å². The van der Waals surface area contributed by atoms with Crippen molar-refractivity contribution in [2.24, 2.45) is 0 Å². The largest absolute Gasteiger partial charge is 0.342 e. The van der Waals surface area contributed by atoms with Gasteiger partial charge >= 0.3 is 0 Å². The van der Waals surface area contributed by atoms with Crippen molar-refractivity contribution in [1.82, 2.24) is 10.1 Å². The van der Waals surface area contributed by atoms with Gasteiger partial charge in [0.05, 0.1) is 4.92 Å². The molecule has 1 aromatic heterocycles. The van der Waals surface area contributed by atoms with E-state index >= 15 is 0 Å². The molecule has 15 heavy (non-hydrogen) atoms. The van der Waals surface area contributed by atoms with Crippen molar-refractivity contribution in [2.75, 3.05) is 0 Å². The maximum absolute atomic E-state index is 10.5. The molecule has 0 spiro atoms. The summed E-state index contributed by atoms with van der Waals surface area (Å²) in [5.74, 6) is 0.433. The maximum atomic E-state index is 10.5. The average Bonchev–Trinajstić information content (AvgIpc) is 2.70. The summed E-state index contributed by atoms with van der Waals surface area (Å²) in [6, 6.07) is 4.50. The zero-order chi connectivity index (χ0) is 10.8. The summed E-state index contributed by atoms with van der Waals surface area (Å²) in [6.45, 7) is 1.76. The first-order chi connectivity index (χ1) is 7.18. The van der Waals surface area contributed by atoms with Gasteiger partial charge in [-0.1, -0.05) is 5.16 Å². The lowest BCUT2D eigenvalue weighted by atomic mass is 10.1. The van der Waals surface area contributed by atoms with Gasteiger partial charge in [0.2, 0.25) is 12.2 Å². The molecule has 0 saturated carbocycles. The molecule has 1 aromatic carbocycles. The Morgan fingerprint density at radius 1 is 1.47 bits per heavy atom. The van der Waals surface area contributed by atoms with Crippen molar-refractivity contribution in [3.05, 3.63) is 40.3 Å². The molecule has 6 heteroatoms. The molecule has 0 aliphatic carbocycles. The van der Waals surface area contributed by atoms with E-state index in [0.717, 1.165) is 11.1 Å². The number of aryl methyl sites for hydroxylation is 1. The lowest BCUT2D eigenvalue weighted by Crippen LogP contribution is -1.91. The highest BCUT2D eigenvalue weighted by Gasteiger charge is 2.11. The van der Waals surface area contributed by atoms with Crippen LogP contribution < -0.4 is 0 Å². The average molecular weight is 205 g/mol. The number of nitro groups is 1. The lowest BCUT2D eigenvalue weighted by Gasteiger charge is -1.99. The summed E-state index contributed by atoms with van der Waals surface area (Å²) in [7, 11) is 0. The highest BCUT2D eigenvalue weighted by atomic mass is 16.6. The molecular weight excluding hydrogens is 198 g/mol. The zero-order valence-electron chi connectivity index (χ0n) is 7.88. The third-order valence-corrected chi connectivity index (χ3v) is 2.02. The number of hydrogen-bond acceptors (Lipinski definition) is 5. The first-order valence-corrected chi connectivity index (χ1v) is 4.20. The molecule has 0 bridgehead atoms. The quantitative estimate of drug-likeness (QED) is 0.552. The van der Waals surface area contributed by atoms with Crippen LogP contribution in [0.5, 0.6) is 0 Å². The van der Waals surface area contributed by atoms with E-state index in [-0.39, 0.29) is 5.69 Å². The SMILES string of the molecule is Cc1cc([N+](=O)[O-])ccc1-c1ncon1. The second-order valence-corrected chi connectivity index (χ2v) is 3.01. The van der Waals surface area contributed by atoms with E-state index in [2.05, 4.69) is 14.7 Å². The third kappa shape index (κ3) is 1.69. The summed E-state index contributed by atoms with van der Waals surface area (Å²) >= 11 is 0. The summed E-state index contributed by atoms with van der Waals surface area (Å²) in [6.07, 6.45) is 1.22. The maximum Gasteiger partial charge on any atom is 0.269 e. The van der Waals surface area contributed by atoms with Crippen LogP contribution >= 0.6 is 0 Å². The Balaban J connectivity index is 2.48. The van der Waals surface area contributed by atoms with Crippen molar-refractivity contribution >= 4 is 5.69 Å². The van der Waals surface area contributed by atoms with E-state index in [0.29, 0.717) is 5.82 Å². The Bertz CT molecular complexity index is 493. The van der Waals surface area contributed by atoms with Crippen molar-refractivity contribution in [3.8, 4) is 11.4 Å². The van der Waals surface area contributed by atoms with E-state index < -0.39 is 4.92 Å². The first kappa shape index (κ1) is 9.32. The highest BCUT2D eigenvalue weighted by Crippen LogP contribution is 2.23. The predicted molar refractivity (Wildman–Crippen MR) is 51.1 cm³/mol. The number of nitrogens with zero attached hydrogens (tertiary/aromatic N) is 3. The van der Waals surface area contributed by atoms with Gasteiger partial charge in [-0.2, -0.15) is 4.98 Å². The standard InChI is InChI=1S/C9H7N3O3/c1-6-4-7(12(13)14)2-3-8(6)9-10-5-15-11-9/h2-5H,1H3. The van der Waals surface area contributed by atoms with Crippen LogP contribution in [0.25, 0.3) is 11.4 Å². The van der Waals surface area contributed by atoms with Crippen LogP contribution in [0.15, 0.2) is 29.1 Å². The topological polar surface area (TPSA) is 82.1 Å². The minimum Gasteiger partial charge on any atom is -0.342 e. The normalized spacial score (nSPS) is 10.2. The fourth-order valence-corrected chi connectivity index (χ4v) is 1.30. The van der Waals surface area contributed by atoms with Gasteiger partial charge in [0.15, 0.2) is 0 Å². The van der Waals surface area contributed by atoms with Crippen LogP contribution in [0.4, 0.5) is 5.69 Å². The molecule has 2 rings (SSSR count). The lowest BCUT2D eigenvalue weighted by molar-refractivity contribution is -0.384. The van der Waals surface area contributed by atoms with Crippen LogP contribution in [0.2, 0.25) is 0 Å². The van der Waals surface area contributed by atoms with Crippen molar-refractivity contribution in [2.45, 2.75) is 6.92 Å². The number of hydrogen-bond donors (Lipinski definition) is 0. The Kier molecular flexibility index (Phi) is 2.17. The smallest absolute Gasteiger partial charge is 0.269 e. The Hall–Kier alpha value is -2.24. The van der Waals surface area contributed by atoms with Gasteiger partial charge in [0.1, 0.15) is 0 Å². The van der Waals surface area contributed by atoms with Crippen LogP contribution in [0.3, 0.4) is 0 Å². The van der Waals surface area contributed by atoms with E-state index in [1.54, 1.807) is 13.0 Å². The van der Waals surface area contributed by atoms with E-state index in [4.69, 9.17) is 0 Å². The Labute approximate surface area is 84.7 Å². The number of rotatable bonds is 2. The number of aromatic nitrogens is 2. The van der Waals surface area contributed by atoms with Crippen LogP contribution in [-0.2, 0) is 0 Å². The summed E-state index contributed by atoms with van der Waals surface area (Å²) in [5.41, 5.74) is 1.53. The molecule has 2 aromatic rings. The van der Waals surface area contributed by atoms with Crippen LogP contribution in [0, 0.1) is 17.0 Å². The molecule has 1 heterocycles. The Morgan fingerprint density at radius 2 is 2.27 bits per heavy atom. The van der Waals surface area contributed by atoms with Crippen molar-refractivity contribution in [1.29, 1.82) is 0 Å². The van der Waals surface area contributed by atoms with E-state index in [1.807, 2.05) is 0 Å². The molecule has 0 radical (unpaired) electrons. The van der Waals surface area contributed by atoms with Gasteiger partial charge in [0.25, 0.3) is 5.69 Å². The van der Waals surface area contributed by atoms with Crippen molar-refractivity contribution in [3.63, 3.8) is 0 Å². The molecule has 0 unspecified atom stereocenters. The fourth-order valence-electron chi connectivity index (χ4n) is 1.30. The molecule has 0 atom stereocenters. The van der Waals surface area contributed by atoms with Gasteiger partial charge < -0.3 is 4.52 Å². The second-order valence-electron chi connectivity index (χ2n) is 3.01. The van der Waals surface area contributed by atoms with Crippen LogP contribution in [-0.4, -0.2) is 15.1 Å². The zero-order valence-corrected chi connectivity index (χ0v) is 7.88. The van der Waals surface area contributed by atoms with E-state index in [1.165, 1.54) is 18.5 Å². The molecule has 0 N–H and O–H groups in total. The first-order valence-electron chi connectivity index (χ1n) is 4.20. The van der Waals surface area contributed by atoms with Gasteiger partial charge in [-0.15, -0.1) is 0 Å². The molecule has 0 fully saturated rings. The van der Waals surface area contributed by atoms with Crippen LogP contribution in [0.1, 0.15) is 5.56 Å². The minimum atomic E-state index is -0.437. The summed E-state index contributed by atoms with van der Waals surface area (Å²) < 4.78 is 4.61. The minimum absolute atomic E-state index is 0.0553. The number of non-ortho nitro benzene ring substituents is 1. The summed E-state index contributed by atoms with van der Waals surface area (Å²) in [4.78, 5) is 13.9. The van der Waals surface area contributed by atoms with Gasteiger partial charge in [-0.3, -0.25) is 10.1 Å². The molecule has 76 valence electrons. The number of nitro benzene ring substituents is 1. The van der Waals surface area contributed by atoms with E-state index in [9.17, 15) is 10.1 Å². The molecule has 0 amide bonds. The molecule has 0 aliphatic rings. The second kappa shape index (κ2) is 3.49. The third-order valence-electron chi connectivity index (χ3n) is 2.02. The van der Waals surface area contributed by atoms with Gasteiger partial charge in [0, 0.05) is 17.7 Å². The molecule has 0 saturated heterocycles. The predicted octanol–water partition coefficient (Wildman–Crippen LogP) is 1.95. The molecule has 0 aliphatic heterocycles. The molecular formula is C9H7N3O3. The Morgan fingerprint density at radius 3 is 2.80 bits per heavy atom. The van der Waals surface area contributed by atoms with Gasteiger partial charge in [-0.05, 0) is 18.6 Å². The molecule has 6 nitrogen and oxygen atoms in total. The number of benzene rings is 1. The summed E-state index contributed by atoms with van der Waals surface area (Å²) in [5, 5.41) is 14.2. The fraction of sp³-hybridized carbons (Fsp3) is 0.111.